The number of piperidine rings is 1. The zero-order chi connectivity index (χ0) is 17.7. The monoisotopic (exact) mass is 341 g/mol. The number of carbonyl (C=O) groups is 2. The third-order valence-electron chi connectivity index (χ3n) is 3.92. The van der Waals surface area contributed by atoms with Gasteiger partial charge in [0.1, 0.15) is 12.4 Å². The number of carbonyl (C=O) groups excluding carboxylic acids is 2. The highest BCUT2D eigenvalue weighted by Crippen LogP contribution is 2.25. The Balaban J connectivity index is 2.00. The zero-order valence-corrected chi connectivity index (χ0v) is 13.4. The fraction of sp³-hybridized carbons (Fsp3) is 0.500. The van der Waals surface area contributed by atoms with E-state index in [1.165, 1.54) is 11.0 Å². The van der Waals surface area contributed by atoms with Crippen LogP contribution in [0, 0.1) is 12.8 Å². The SMILES string of the molecule is Cc1ccc(NC(=O)C2CCCN(C(N)=O)C2)cc1OCC(F)F. The highest BCUT2D eigenvalue weighted by atomic mass is 19.3. The van der Waals surface area contributed by atoms with Gasteiger partial charge in [-0.1, -0.05) is 6.07 Å². The van der Waals surface area contributed by atoms with Crippen molar-refractivity contribution >= 4 is 17.6 Å². The van der Waals surface area contributed by atoms with Crippen LogP contribution < -0.4 is 15.8 Å². The molecule has 3 N–H and O–H groups in total. The van der Waals surface area contributed by atoms with Crippen LogP contribution in [0.15, 0.2) is 18.2 Å². The highest BCUT2D eigenvalue weighted by molar-refractivity contribution is 5.93. The van der Waals surface area contributed by atoms with Crippen LogP contribution in [0.5, 0.6) is 5.75 Å². The van der Waals surface area contributed by atoms with E-state index in [1.54, 1.807) is 19.1 Å². The first-order valence-corrected chi connectivity index (χ1v) is 7.73. The molecule has 1 aliphatic rings. The maximum absolute atomic E-state index is 12.3. The molecule has 8 heteroatoms. The van der Waals surface area contributed by atoms with Gasteiger partial charge in [0, 0.05) is 24.8 Å². The summed E-state index contributed by atoms with van der Waals surface area (Å²) in [4.78, 5) is 25.0. The Bertz CT molecular complexity index is 610. The van der Waals surface area contributed by atoms with E-state index in [9.17, 15) is 18.4 Å². The summed E-state index contributed by atoms with van der Waals surface area (Å²) in [5, 5.41) is 2.74. The lowest BCUT2D eigenvalue weighted by Crippen LogP contribution is -2.46. The molecule has 3 amide bonds. The number of nitrogens with two attached hydrogens (primary N) is 1. The molecule has 1 heterocycles. The number of rotatable bonds is 5. The summed E-state index contributed by atoms with van der Waals surface area (Å²) >= 11 is 0. The van der Waals surface area contributed by atoms with Gasteiger partial charge in [-0.25, -0.2) is 13.6 Å². The summed E-state index contributed by atoms with van der Waals surface area (Å²) < 4.78 is 29.6. The molecule has 1 unspecified atom stereocenters. The number of benzene rings is 1. The average Bonchev–Trinajstić information content (AvgIpc) is 2.55. The molecule has 1 aromatic carbocycles. The normalized spacial score (nSPS) is 17.7. The van der Waals surface area contributed by atoms with Crippen molar-refractivity contribution < 1.29 is 23.1 Å². The number of alkyl halides is 2. The van der Waals surface area contributed by atoms with Crippen molar-refractivity contribution in [1.29, 1.82) is 0 Å². The number of halogens is 2. The lowest BCUT2D eigenvalue weighted by molar-refractivity contribution is -0.121. The minimum Gasteiger partial charge on any atom is -0.487 e. The van der Waals surface area contributed by atoms with Crippen LogP contribution in [-0.4, -0.2) is 43.0 Å². The molecule has 0 aromatic heterocycles. The van der Waals surface area contributed by atoms with Gasteiger partial charge < -0.3 is 20.7 Å². The molecule has 1 fully saturated rings. The van der Waals surface area contributed by atoms with Crippen LogP contribution in [-0.2, 0) is 4.79 Å². The summed E-state index contributed by atoms with van der Waals surface area (Å²) in [6.45, 7) is 1.86. The number of hydrogen-bond donors (Lipinski definition) is 2. The molecule has 1 aliphatic heterocycles. The second-order valence-corrected chi connectivity index (χ2v) is 5.80. The predicted molar refractivity (Wildman–Crippen MR) is 85.2 cm³/mol. The van der Waals surface area contributed by atoms with Gasteiger partial charge in [-0.05, 0) is 31.4 Å². The molecule has 1 saturated heterocycles. The number of nitrogens with zero attached hydrogens (tertiary/aromatic N) is 1. The molecule has 1 atom stereocenters. The van der Waals surface area contributed by atoms with Gasteiger partial charge in [-0.2, -0.15) is 0 Å². The van der Waals surface area contributed by atoms with E-state index in [4.69, 9.17) is 10.5 Å². The fourth-order valence-corrected chi connectivity index (χ4v) is 2.62. The summed E-state index contributed by atoms with van der Waals surface area (Å²) in [5.41, 5.74) is 6.42. The van der Waals surface area contributed by atoms with Crippen molar-refractivity contribution in [3.8, 4) is 5.75 Å². The molecular weight excluding hydrogens is 320 g/mol. The molecule has 24 heavy (non-hydrogen) atoms. The Morgan fingerprint density at radius 3 is 2.88 bits per heavy atom. The van der Waals surface area contributed by atoms with Crippen LogP contribution in [0.25, 0.3) is 0 Å². The number of hydrogen-bond acceptors (Lipinski definition) is 3. The van der Waals surface area contributed by atoms with Gasteiger partial charge in [0.05, 0.1) is 5.92 Å². The molecule has 0 radical (unpaired) electrons. The number of ether oxygens (including phenoxy) is 1. The second-order valence-electron chi connectivity index (χ2n) is 5.80. The van der Waals surface area contributed by atoms with Crippen molar-refractivity contribution in [2.75, 3.05) is 25.0 Å². The van der Waals surface area contributed by atoms with Gasteiger partial charge in [0.2, 0.25) is 5.91 Å². The summed E-state index contributed by atoms with van der Waals surface area (Å²) in [6, 6.07) is 4.35. The number of urea groups is 1. The minimum atomic E-state index is -2.57. The van der Waals surface area contributed by atoms with Crippen LogP contribution >= 0.6 is 0 Å². The highest BCUT2D eigenvalue weighted by Gasteiger charge is 2.27. The van der Waals surface area contributed by atoms with Crippen molar-refractivity contribution in [3.63, 3.8) is 0 Å². The van der Waals surface area contributed by atoms with E-state index < -0.39 is 19.1 Å². The Kier molecular flexibility index (Phi) is 5.94. The van der Waals surface area contributed by atoms with Gasteiger partial charge in [-0.3, -0.25) is 4.79 Å². The number of aryl methyl sites for hydroxylation is 1. The van der Waals surface area contributed by atoms with Crippen LogP contribution in [0.4, 0.5) is 19.3 Å². The Morgan fingerprint density at radius 1 is 1.46 bits per heavy atom. The first-order valence-electron chi connectivity index (χ1n) is 7.73. The van der Waals surface area contributed by atoms with Crippen molar-refractivity contribution in [2.24, 2.45) is 11.7 Å². The molecule has 2 rings (SSSR count). The summed E-state index contributed by atoms with van der Waals surface area (Å²) in [5.74, 6) is -0.280. The number of amides is 3. The zero-order valence-electron chi connectivity index (χ0n) is 13.4. The topological polar surface area (TPSA) is 84.7 Å². The molecule has 0 spiro atoms. The number of nitrogens with one attached hydrogen (secondary N) is 1. The third kappa shape index (κ3) is 4.81. The first kappa shape index (κ1) is 18.0. The largest absolute Gasteiger partial charge is 0.487 e. The molecule has 0 bridgehead atoms. The minimum absolute atomic E-state index is 0.232. The number of likely N-dealkylation sites (tertiary alicyclic amines) is 1. The molecular formula is C16H21F2N3O3. The smallest absolute Gasteiger partial charge is 0.314 e. The Hall–Kier alpha value is -2.38. The van der Waals surface area contributed by atoms with Crippen molar-refractivity contribution in [1.82, 2.24) is 4.90 Å². The molecule has 132 valence electrons. The van der Waals surface area contributed by atoms with Gasteiger partial charge in [-0.15, -0.1) is 0 Å². The molecule has 6 nitrogen and oxygen atoms in total. The lowest BCUT2D eigenvalue weighted by atomic mass is 9.97. The summed E-state index contributed by atoms with van der Waals surface area (Å²) in [7, 11) is 0. The van der Waals surface area contributed by atoms with E-state index in [0.29, 0.717) is 36.4 Å². The van der Waals surface area contributed by atoms with E-state index >= 15 is 0 Å². The maximum atomic E-state index is 12.3. The molecule has 0 saturated carbocycles. The molecule has 0 aliphatic carbocycles. The average molecular weight is 341 g/mol. The van der Waals surface area contributed by atoms with E-state index in [0.717, 1.165) is 0 Å². The predicted octanol–water partition coefficient (Wildman–Crippen LogP) is 2.37. The first-order chi connectivity index (χ1) is 11.4. The van der Waals surface area contributed by atoms with Gasteiger partial charge in [0.15, 0.2) is 0 Å². The standard InChI is InChI=1S/C16H21F2N3O3/c1-10-4-5-12(7-13(10)24-9-14(17)18)20-15(22)11-3-2-6-21(8-11)16(19)23/h4-5,7,11,14H,2-3,6,8-9H2,1H3,(H2,19,23)(H,20,22). The van der Waals surface area contributed by atoms with Crippen LogP contribution in [0.3, 0.4) is 0 Å². The Labute approximate surface area is 138 Å². The fourth-order valence-electron chi connectivity index (χ4n) is 2.62. The quantitative estimate of drug-likeness (QED) is 0.862. The second kappa shape index (κ2) is 7.94. The maximum Gasteiger partial charge on any atom is 0.314 e. The number of primary amides is 1. The number of anilines is 1. The van der Waals surface area contributed by atoms with Crippen molar-refractivity contribution in [2.45, 2.75) is 26.2 Å². The lowest BCUT2D eigenvalue weighted by Gasteiger charge is -2.30. The van der Waals surface area contributed by atoms with Crippen LogP contribution in [0.2, 0.25) is 0 Å². The van der Waals surface area contributed by atoms with E-state index in [1.807, 2.05) is 0 Å². The van der Waals surface area contributed by atoms with Gasteiger partial charge >= 0.3 is 6.03 Å². The van der Waals surface area contributed by atoms with Crippen molar-refractivity contribution in [3.05, 3.63) is 23.8 Å². The Morgan fingerprint density at radius 2 is 2.21 bits per heavy atom. The van der Waals surface area contributed by atoms with Gasteiger partial charge in [0.25, 0.3) is 6.43 Å². The van der Waals surface area contributed by atoms with E-state index in [2.05, 4.69) is 5.32 Å². The third-order valence-corrected chi connectivity index (χ3v) is 3.92. The summed E-state index contributed by atoms with van der Waals surface area (Å²) in [6.07, 6.45) is -1.20. The van der Waals surface area contributed by atoms with Crippen LogP contribution in [0.1, 0.15) is 18.4 Å². The molecule has 1 aromatic rings. The van der Waals surface area contributed by atoms with E-state index in [-0.39, 0.29) is 18.4 Å².